The van der Waals surface area contributed by atoms with Gasteiger partial charge in [0, 0.05) is 23.8 Å². The Kier molecular flexibility index (Phi) is 4.63. The highest BCUT2D eigenvalue weighted by atomic mass is 19.4. The number of halogens is 3. The van der Waals surface area contributed by atoms with Crippen LogP contribution in [0, 0.1) is 11.8 Å². The Morgan fingerprint density at radius 2 is 1.64 bits per heavy atom. The van der Waals surface area contributed by atoms with Gasteiger partial charge in [-0.25, -0.2) is 0 Å². The van der Waals surface area contributed by atoms with Crippen LogP contribution in [0.4, 0.5) is 25.1 Å². The summed E-state index contributed by atoms with van der Waals surface area (Å²) in [4.78, 5) is 18.5. The highest BCUT2D eigenvalue weighted by molar-refractivity contribution is 5.58. The third-order valence-corrected chi connectivity index (χ3v) is 5.67. The first kappa shape index (κ1) is 18.9. The normalized spacial score (nSPS) is 19.3. The van der Waals surface area contributed by atoms with Gasteiger partial charge in [-0.3, -0.25) is 4.98 Å². The van der Waals surface area contributed by atoms with Crippen molar-refractivity contribution in [2.75, 3.05) is 10.6 Å². The van der Waals surface area contributed by atoms with Crippen LogP contribution in [0.2, 0.25) is 0 Å². The number of rotatable bonds is 6. The first-order valence-corrected chi connectivity index (χ1v) is 9.57. The second-order valence-corrected chi connectivity index (χ2v) is 7.81. The molecule has 0 aliphatic heterocycles. The largest absolute Gasteiger partial charge is 0.433 e. The molecule has 4 rings (SSSR count). The van der Waals surface area contributed by atoms with Crippen molar-refractivity contribution >= 4 is 11.9 Å². The first-order chi connectivity index (χ1) is 13.2. The predicted molar refractivity (Wildman–Crippen MR) is 99.3 cm³/mol. The molecule has 6 nitrogen and oxygen atoms in total. The smallest absolute Gasteiger partial charge is 0.368 e. The van der Waals surface area contributed by atoms with E-state index in [1.165, 1.54) is 31.7 Å². The zero-order valence-corrected chi connectivity index (χ0v) is 15.8. The molecule has 0 spiro atoms. The molecule has 2 saturated carbocycles. The average molecular weight is 392 g/mol. The van der Waals surface area contributed by atoms with Gasteiger partial charge in [-0.2, -0.15) is 28.1 Å². The summed E-state index contributed by atoms with van der Waals surface area (Å²) in [5.74, 6) is 1.74. The van der Waals surface area contributed by atoms with Crippen molar-refractivity contribution in [3.63, 3.8) is 0 Å². The van der Waals surface area contributed by atoms with Crippen LogP contribution in [0.3, 0.4) is 0 Å². The molecule has 2 atom stereocenters. The Labute approximate surface area is 161 Å². The predicted octanol–water partition coefficient (Wildman–Crippen LogP) is 3.94. The number of hydrogen-bond acceptors (Lipinski definition) is 6. The van der Waals surface area contributed by atoms with E-state index >= 15 is 0 Å². The number of nitrogens with two attached hydrogens (primary N) is 1. The summed E-state index contributed by atoms with van der Waals surface area (Å²) in [6.07, 6.45) is 1.24. The lowest BCUT2D eigenvalue weighted by molar-refractivity contribution is -0.141. The van der Waals surface area contributed by atoms with Crippen LogP contribution in [0.5, 0.6) is 0 Å². The fourth-order valence-electron chi connectivity index (χ4n) is 3.70. The summed E-state index contributed by atoms with van der Waals surface area (Å²) in [6, 6.07) is 2.88. The Morgan fingerprint density at radius 3 is 2.18 bits per heavy atom. The zero-order valence-electron chi connectivity index (χ0n) is 15.8. The van der Waals surface area contributed by atoms with Crippen LogP contribution in [-0.4, -0.2) is 32.0 Å². The average Bonchev–Trinajstić information content (AvgIpc) is 3.54. The van der Waals surface area contributed by atoms with Crippen LogP contribution in [-0.2, 0) is 6.18 Å². The molecule has 2 heterocycles. The van der Waals surface area contributed by atoms with E-state index in [0.717, 1.165) is 12.3 Å². The molecule has 0 aromatic carbocycles. The lowest BCUT2D eigenvalue weighted by Gasteiger charge is -2.35. The first-order valence-electron chi connectivity index (χ1n) is 9.57. The quantitative estimate of drug-likeness (QED) is 0.802. The number of anilines is 2. The highest BCUT2D eigenvalue weighted by Gasteiger charge is 2.40. The van der Waals surface area contributed by atoms with E-state index in [2.05, 4.69) is 38.7 Å². The molecule has 0 amide bonds. The molecule has 2 fully saturated rings. The number of alkyl halides is 3. The second kappa shape index (κ2) is 6.86. The molecule has 150 valence electrons. The van der Waals surface area contributed by atoms with E-state index in [4.69, 9.17) is 5.73 Å². The highest BCUT2D eigenvalue weighted by Crippen LogP contribution is 2.42. The fraction of sp³-hybridized carbons (Fsp3) is 0.579. The molecule has 9 heteroatoms. The van der Waals surface area contributed by atoms with E-state index in [1.807, 2.05) is 0 Å². The van der Waals surface area contributed by atoms with Crippen molar-refractivity contribution in [1.29, 1.82) is 0 Å². The maximum Gasteiger partial charge on any atom is 0.433 e. The Balaban J connectivity index is 1.73. The summed E-state index contributed by atoms with van der Waals surface area (Å²) >= 11 is 0. The van der Waals surface area contributed by atoms with E-state index in [-0.39, 0.29) is 29.4 Å². The van der Waals surface area contributed by atoms with E-state index in [0.29, 0.717) is 17.8 Å². The number of nitrogens with zero attached hydrogens (tertiary/aromatic N) is 5. The number of aromatic nitrogens is 4. The van der Waals surface area contributed by atoms with E-state index in [1.54, 1.807) is 0 Å². The topological polar surface area (TPSA) is 80.8 Å². The van der Waals surface area contributed by atoms with Crippen molar-refractivity contribution in [1.82, 2.24) is 19.9 Å². The minimum absolute atomic E-state index is 0.00126. The zero-order chi connectivity index (χ0) is 20.1. The maximum absolute atomic E-state index is 13.0. The van der Waals surface area contributed by atoms with Crippen molar-refractivity contribution in [2.24, 2.45) is 11.8 Å². The number of pyridine rings is 1. The van der Waals surface area contributed by atoms with Crippen LogP contribution in [0.25, 0.3) is 11.4 Å². The molecule has 0 unspecified atom stereocenters. The minimum Gasteiger partial charge on any atom is -0.368 e. The monoisotopic (exact) mass is 392 g/mol. The van der Waals surface area contributed by atoms with Crippen molar-refractivity contribution in [3.8, 4) is 11.4 Å². The van der Waals surface area contributed by atoms with Gasteiger partial charge in [-0.05, 0) is 63.5 Å². The van der Waals surface area contributed by atoms with E-state index < -0.39 is 11.9 Å². The molecule has 2 aliphatic carbocycles. The van der Waals surface area contributed by atoms with Gasteiger partial charge in [-0.1, -0.05) is 0 Å². The molecule has 2 aromatic rings. The minimum atomic E-state index is -4.54. The Bertz CT molecular complexity index is 845. The summed E-state index contributed by atoms with van der Waals surface area (Å²) in [5.41, 5.74) is 5.15. The molecule has 2 N–H and O–H groups in total. The molecular formula is C19H23F3N6. The summed E-state index contributed by atoms with van der Waals surface area (Å²) in [5, 5.41) is 0. The Hall–Kier alpha value is -2.45. The molecule has 0 bridgehead atoms. The summed E-state index contributed by atoms with van der Waals surface area (Å²) in [6.45, 7) is 4.31. The SMILES string of the molecule is C[C@H](C1CC1)N(c1nc(N)nc(-c2ccnc(C(F)(F)F)c2)n1)[C@H](C)C1CC1. The van der Waals surface area contributed by atoms with Crippen molar-refractivity contribution in [3.05, 3.63) is 24.0 Å². The van der Waals surface area contributed by atoms with Crippen LogP contribution < -0.4 is 10.6 Å². The summed E-state index contributed by atoms with van der Waals surface area (Å²) in [7, 11) is 0. The third-order valence-electron chi connectivity index (χ3n) is 5.67. The number of hydrogen-bond donors (Lipinski definition) is 1. The maximum atomic E-state index is 13.0. The van der Waals surface area contributed by atoms with Gasteiger partial charge in [0.25, 0.3) is 0 Å². The fourth-order valence-corrected chi connectivity index (χ4v) is 3.70. The molecule has 0 saturated heterocycles. The number of nitrogen functional groups attached to an aromatic ring is 1. The van der Waals surface area contributed by atoms with Gasteiger partial charge < -0.3 is 10.6 Å². The van der Waals surface area contributed by atoms with Crippen molar-refractivity contribution < 1.29 is 13.2 Å². The molecule has 2 aromatic heterocycles. The van der Waals surface area contributed by atoms with Gasteiger partial charge >= 0.3 is 6.18 Å². The standard InChI is InChI=1S/C19H23F3N6/c1-10(12-3-4-12)28(11(2)13-5-6-13)18-26-16(25-17(23)27-18)14-7-8-24-15(9-14)19(20,21)22/h7-13H,3-6H2,1-2H3,(H2,23,25,26,27)/t10-,11-/m1/s1. The van der Waals surface area contributed by atoms with Gasteiger partial charge in [0.05, 0.1) is 0 Å². The molecular weight excluding hydrogens is 369 g/mol. The lowest BCUT2D eigenvalue weighted by atomic mass is 10.1. The summed E-state index contributed by atoms with van der Waals surface area (Å²) < 4.78 is 39.1. The van der Waals surface area contributed by atoms with Crippen molar-refractivity contribution in [2.45, 2.75) is 57.8 Å². The molecule has 0 radical (unpaired) electrons. The van der Waals surface area contributed by atoms with Gasteiger partial charge in [0.1, 0.15) is 5.69 Å². The van der Waals surface area contributed by atoms with Crippen LogP contribution in [0.1, 0.15) is 45.2 Å². The van der Waals surface area contributed by atoms with Crippen LogP contribution >= 0.6 is 0 Å². The van der Waals surface area contributed by atoms with Gasteiger partial charge in [0.15, 0.2) is 5.82 Å². The molecule has 2 aliphatic rings. The molecule has 28 heavy (non-hydrogen) atoms. The van der Waals surface area contributed by atoms with Gasteiger partial charge in [-0.15, -0.1) is 0 Å². The second-order valence-electron chi connectivity index (χ2n) is 7.81. The Morgan fingerprint density at radius 1 is 1.04 bits per heavy atom. The lowest BCUT2D eigenvalue weighted by Crippen LogP contribution is -2.44. The van der Waals surface area contributed by atoms with Gasteiger partial charge in [0.2, 0.25) is 11.9 Å². The third kappa shape index (κ3) is 3.88. The van der Waals surface area contributed by atoms with Crippen LogP contribution in [0.15, 0.2) is 18.3 Å². The van der Waals surface area contributed by atoms with E-state index in [9.17, 15) is 13.2 Å².